The standard InChI is InChI=1S/C22H20N2O4/c1-28-18-10-9-15-11-17(8-7-16(15)12-18)21(26)22(27)24-20(25)13-19(23-24)14-5-3-2-4-6-14/h2-12,19,21,23,26H,13H2,1H3/t19-,21+/m1/s1. The minimum atomic E-state index is -1.43. The second kappa shape index (κ2) is 7.42. The summed E-state index contributed by atoms with van der Waals surface area (Å²) in [6, 6.07) is 20.0. The first kappa shape index (κ1) is 18.2. The van der Waals surface area contributed by atoms with Gasteiger partial charge in [0.2, 0.25) is 5.91 Å². The molecule has 1 fully saturated rings. The number of amides is 2. The van der Waals surface area contributed by atoms with E-state index >= 15 is 0 Å². The minimum absolute atomic E-state index is 0.167. The smallest absolute Gasteiger partial charge is 0.277 e. The van der Waals surface area contributed by atoms with Gasteiger partial charge in [0.1, 0.15) is 5.75 Å². The maximum atomic E-state index is 12.7. The van der Waals surface area contributed by atoms with Gasteiger partial charge in [0.05, 0.1) is 13.2 Å². The molecule has 2 atom stereocenters. The summed E-state index contributed by atoms with van der Waals surface area (Å²) in [4.78, 5) is 25.1. The van der Waals surface area contributed by atoms with Gasteiger partial charge in [-0.1, -0.05) is 48.5 Å². The molecular formula is C22H20N2O4. The molecule has 3 aromatic carbocycles. The third kappa shape index (κ3) is 3.35. The molecule has 1 aliphatic heterocycles. The average Bonchev–Trinajstić information content (AvgIpc) is 3.14. The van der Waals surface area contributed by atoms with Crippen molar-refractivity contribution >= 4 is 22.6 Å². The highest BCUT2D eigenvalue weighted by Crippen LogP contribution is 2.28. The predicted octanol–water partition coefficient (Wildman–Crippen LogP) is 2.89. The van der Waals surface area contributed by atoms with Gasteiger partial charge < -0.3 is 9.84 Å². The Balaban J connectivity index is 1.54. The van der Waals surface area contributed by atoms with Crippen molar-refractivity contribution in [1.29, 1.82) is 0 Å². The van der Waals surface area contributed by atoms with E-state index in [1.165, 1.54) is 0 Å². The SMILES string of the molecule is COc1ccc2cc([C@H](O)C(=O)N3N[C@@H](c4ccccc4)CC3=O)ccc2c1. The molecule has 0 aromatic heterocycles. The molecule has 0 unspecified atom stereocenters. The van der Waals surface area contributed by atoms with E-state index in [9.17, 15) is 14.7 Å². The van der Waals surface area contributed by atoms with Crippen LogP contribution in [0.1, 0.15) is 29.7 Å². The van der Waals surface area contributed by atoms with Crippen molar-refractivity contribution in [2.45, 2.75) is 18.6 Å². The number of hydrogen-bond acceptors (Lipinski definition) is 5. The molecule has 142 valence electrons. The molecule has 1 heterocycles. The molecule has 1 aliphatic rings. The average molecular weight is 376 g/mol. The van der Waals surface area contributed by atoms with Gasteiger partial charge in [0.25, 0.3) is 5.91 Å². The summed E-state index contributed by atoms with van der Waals surface area (Å²) in [5.74, 6) is -0.310. The predicted molar refractivity (Wildman–Crippen MR) is 104 cm³/mol. The molecule has 0 spiro atoms. The highest BCUT2D eigenvalue weighted by atomic mass is 16.5. The molecule has 0 aliphatic carbocycles. The lowest BCUT2D eigenvalue weighted by Gasteiger charge is -2.20. The van der Waals surface area contributed by atoms with E-state index in [1.54, 1.807) is 19.2 Å². The Morgan fingerprint density at radius 3 is 2.57 bits per heavy atom. The first-order chi connectivity index (χ1) is 13.6. The number of hydrogen-bond donors (Lipinski definition) is 2. The van der Waals surface area contributed by atoms with E-state index in [0.29, 0.717) is 5.56 Å². The number of nitrogens with one attached hydrogen (secondary N) is 1. The van der Waals surface area contributed by atoms with Crippen molar-refractivity contribution in [1.82, 2.24) is 10.4 Å². The third-order valence-electron chi connectivity index (χ3n) is 4.96. The van der Waals surface area contributed by atoms with E-state index in [2.05, 4.69) is 5.43 Å². The summed E-state index contributed by atoms with van der Waals surface area (Å²) in [5, 5.41) is 13.3. The summed E-state index contributed by atoms with van der Waals surface area (Å²) in [5.41, 5.74) is 4.27. The van der Waals surface area contributed by atoms with Gasteiger partial charge in [0, 0.05) is 6.42 Å². The van der Waals surface area contributed by atoms with Crippen LogP contribution in [0.2, 0.25) is 0 Å². The van der Waals surface area contributed by atoms with E-state index < -0.39 is 12.0 Å². The molecule has 0 radical (unpaired) electrons. The van der Waals surface area contributed by atoms with E-state index in [-0.39, 0.29) is 18.4 Å². The number of aliphatic hydroxyl groups excluding tert-OH is 1. The van der Waals surface area contributed by atoms with Crippen molar-refractivity contribution in [3.8, 4) is 5.75 Å². The van der Waals surface area contributed by atoms with Gasteiger partial charge in [-0.25, -0.2) is 10.4 Å². The Morgan fingerprint density at radius 1 is 1.11 bits per heavy atom. The number of carbonyl (C=O) groups excluding carboxylic acids is 2. The lowest BCUT2D eigenvalue weighted by Crippen LogP contribution is -2.43. The summed E-state index contributed by atoms with van der Waals surface area (Å²) in [6.07, 6.45) is -1.27. The lowest BCUT2D eigenvalue weighted by atomic mass is 10.0. The number of hydrazine groups is 1. The molecular weight excluding hydrogens is 356 g/mol. The molecule has 1 saturated heterocycles. The van der Waals surface area contributed by atoms with Gasteiger partial charge in [-0.05, 0) is 40.1 Å². The number of benzene rings is 3. The lowest BCUT2D eigenvalue weighted by molar-refractivity contribution is -0.151. The highest BCUT2D eigenvalue weighted by Gasteiger charge is 2.37. The Bertz CT molecular complexity index is 1040. The molecule has 2 amide bonds. The number of rotatable bonds is 4. The fourth-order valence-electron chi connectivity index (χ4n) is 3.41. The largest absolute Gasteiger partial charge is 0.497 e. The molecule has 4 rings (SSSR count). The topological polar surface area (TPSA) is 78.9 Å². The van der Waals surface area contributed by atoms with Gasteiger partial charge in [0.15, 0.2) is 6.10 Å². The van der Waals surface area contributed by atoms with Crippen LogP contribution in [0, 0.1) is 0 Å². The number of methoxy groups -OCH3 is 1. The van der Waals surface area contributed by atoms with Crippen LogP contribution in [0.3, 0.4) is 0 Å². The number of nitrogens with zero attached hydrogens (tertiary/aromatic N) is 1. The summed E-state index contributed by atoms with van der Waals surface area (Å²) in [7, 11) is 1.60. The van der Waals surface area contributed by atoms with Crippen molar-refractivity contribution < 1.29 is 19.4 Å². The second-order valence-electron chi connectivity index (χ2n) is 6.74. The summed E-state index contributed by atoms with van der Waals surface area (Å²) in [6.45, 7) is 0. The van der Waals surface area contributed by atoms with Crippen LogP contribution in [0.4, 0.5) is 0 Å². The van der Waals surface area contributed by atoms with Gasteiger partial charge >= 0.3 is 0 Å². The molecule has 3 aromatic rings. The highest BCUT2D eigenvalue weighted by molar-refractivity contribution is 5.99. The number of ether oxygens (including phenoxy) is 1. The number of carbonyl (C=O) groups is 2. The second-order valence-corrected chi connectivity index (χ2v) is 6.74. The van der Waals surface area contributed by atoms with Gasteiger partial charge in [-0.2, -0.15) is 0 Å². The maximum Gasteiger partial charge on any atom is 0.277 e. The van der Waals surface area contributed by atoms with Crippen molar-refractivity contribution in [3.05, 3.63) is 77.9 Å². The van der Waals surface area contributed by atoms with Crippen LogP contribution in [0.25, 0.3) is 10.8 Å². The van der Waals surface area contributed by atoms with Crippen LogP contribution in [0.15, 0.2) is 66.7 Å². The molecule has 28 heavy (non-hydrogen) atoms. The summed E-state index contributed by atoms with van der Waals surface area (Å²) >= 11 is 0. The minimum Gasteiger partial charge on any atom is -0.497 e. The first-order valence-electron chi connectivity index (χ1n) is 9.00. The number of aliphatic hydroxyl groups is 1. The van der Waals surface area contributed by atoms with Gasteiger partial charge in [-0.15, -0.1) is 0 Å². The molecule has 0 saturated carbocycles. The van der Waals surface area contributed by atoms with Crippen LogP contribution in [-0.4, -0.2) is 29.0 Å². The molecule has 0 bridgehead atoms. The van der Waals surface area contributed by atoms with Crippen LogP contribution in [-0.2, 0) is 9.59 Å². The third-order valence-corrected chi connectivity index (χ3v) is 4.96. The van der Waals surface area contributed by atoms with Crippen LogP contribution >= 0.6 is 0 Å². The zero-order valence-electron chi connectivity index (χ0n) is 15.3. The molecule has 6 heteroatoms. The zero-order valence-corrected chi connectivity index (χ0v) is 15.3. The fraction of sp³-hybridized carbons (Fsp3) is 0.182. The van der Waals surface area contributed by atoms with Crippen molar-refractivity contribution in [2.24, 2.45) is 0 Å². The van der Waals surface area contributed by atoms with E-state index in [1.807, 2.05) is 54.6 Å². The van der Waals surface area contributed by atoms with E-state index in [0.717, 1.165) is 27.1 Å². The van der Waals surface area contributed by atoms with Crippen molar-refractivity contribution in [3.63, 3.8) is 0 Å². The zero-order chi connectivity index (χ0) is 19.7. The summed E-state index contributed by atoms with van der Waals surface area (Å²) < 4.78 is 5.21. The Morgan fingerprint density at radius 2 is 1.82 bits per heavy atom. The quantitative estimate of drug-likeness (QED) is 0.732. The van der Waals surface area contributed by atoms with E-state index in [4.69, 9.17) is 4.74 Å². The maximum absolute atomic E-state index is 12.7. The normalized spacial score (nSPS) is 17.7. The molecule has 6 nitrogen and oxygen atoms in total. The Kier molecular flexibility index (Phi) is 4.81. The van der Waals surface area contributed by atoms with Crippen LogP contribution in [0.5, 0.6) is 5.75 Å². The van der Waals surface area contributed by atoms with Crippen molar-refractivity contribution in [2.75, 3.05) is 7.11 Å². The first-order valence-corrected chi connectivity index (χ1v) is 9.00. The number of fused-ring (bicyclic) bond motifs is 1. The monoisotopic (exact) mass is 376 g/mol. The Labute approximate surface area is 162 Å². The Hall–Kier alpha value is -3.22. The fourth-order valence-corrected chi connectivity index (χ4v) is 3.41. The van der Waals surface area contributed by atoms with Crippen LogP contribution < -0.4 is 10.2 Å². The van der Waals surface area contributed by atoms with Gasteiger partial charge in [-0.3, -0.25) is 9.59 Å². The molecule has 2 N–H and O–H groups in total. The number of imide groups is 1.